The highest BCUT2D eigenvalue weighted by molar-refractivity contribution is 7.99. The molecule has 15 heavy (non-hydrogen) atoms. The Morgan fingerprint density at radius 1 is 1.60 bits per heavy atom. The predicted molar refractivity (Wildman–Crippen MR) is 57.8 cm³/mol. The third kappa shape index (κ3) is 4.33. The van der Waals surface area contributed by atoms with Crippen molar-refractivity contribution in [2.45, 2.75) is 32.5 Å². The van der Waals surface area contributed by atoms with Crippen LogP contribution in [0.5, 0.6) is 0 Å². The van der Waals surface area contributed by atoms with Crippen LogP contribution in [0.25, 0.3) is 0 Å². The average molecular weight is 229 g/mol. The zero-order valence-electron chi connectivity index (χ0n) is 9.10. The van der Waals surface area contributed by atoms with Crippen LogP contribution in [0.3, 0.4) is 0 Å². The number of carboxylic acids is 1. The second-order valence-corrected chi connectivity index (χ2v) is 5.43. The molecule has 0 saturated carbocycles. The summed E-state index contributed by atoms with van der Waals surface area (Å²) in [6.07, 6.45) is 1.63. The van der Waals surface area contributed by atoms with E-state index < -0.39 is 5.97 Å². The van der Waals surface area contributed by atoms with E-state index in [0.717, 1.165) is 6.54 Å². The van der Waals surface area contributed by atoms with Gasteiger partial charge in [-0.2, -0.15) is 0 Å². The predicted octanol–water partition coefficient (Wildman–Crippen LogP) is 1.50. The summed E-state index contributed by atoms with van der Waals surface area (Å²) in [5.74, 6) is -0.826. The molecule has 0 atom stereocenters. The quantitative estimate of drug-likeness (QED) is 0.792. The van der Waals surface area contributed by atoms with E-state index in [1.807, 2.05) is 4.57 Å². The highest BCUT2D eigenvalue weighted by Crippen LogP contribution is 2.21. The first kappa shape index (κ1) is 12.0. The molecule has 0 aromatic carbocycles. The average Bonchev–Trinajstić information content (AvgIpc) is 2.45. The van der Waals surface area contributed by atoms with Gasteiger partial charge in [0.2, 0.25) is 0 Å². The van der Waals surface area contributed by atoms with Gasteiger partial charge in [-0.05, 0) is 5.41 Å². The summed E-state index contributed by atoms with van der Waals surface area (Å²) in [4.78, 5) is 10.4. The number of carbonyl (C=O) groups is 1. The van der Waals surface area contributed by atoms with Gasteiger partial charge in [-0.25, -0.2) is 0 Å². The zero-order valence-corrected chi connectivity index (χ0v) is 9.91. The van der Waals surface area contributed by atoms with Crippen molar-refractivity contribution in [3.63, 3.8) is 0 Å². The van der Waals surface area contributed by atoms with Crippen LogP contribution in [-0.2, 0) is 11.3 Å². The largest absolute Gasteiger partial charge is 0.481 e. The Labute approximate surface area is 92.9 Å². The molecule has 1 rings (SSSR count). The Kier molecular flexibility index (Phi) is 3.73. The molecular weight excluding hydrogens is 214 g/mol. The van der Waals surface area contributed by atoms with Crippen molar-refractivity contribution in [1.82, 2.24) is 14.8 Å². The maximum absolute atomic E-state index is 10.4. The van der Waals surface area contributed by atoms with Crippen molar-refractivity contribution in [1.29, 1.82) is 0 Å². The van der Waals surface area contributed by atoms with E-state index >= 15 is 0 Å². The first-order chi connectivity index (χ1) is 6.88. The van der Waals surface area contributed by atoms with E-state index in [-0.39, 0.29) is 11.2 Å². The lowest BCUT2D eigenvalue weighted by molar-refractivity contribution is -0.133. The lowest BCUT2D eigenvalue weighted by atomic mass is 9.97. The summed E-state index contributed by atoms with van der Waals surface area (Å²) in [6.45, 7) is 7.11. The molecule has 0 aliphatic heterocycles. The van der Waals surface area contributed by atoms with Crippen LogP contribution >= 0.6 is 11.8 Å². The van der Waals surface area contributed by atoms with Crippen molar-refractivity contribution in [2.75, 3.05) is 5.75 Å². The number of thioether (sulfide) groups is 1. The molecule has 84 valence electrons. The van der Waals surface area contributed by atoms with Gasteiger partial charge < -0.3 is 9.67 Å². The molecule has 6 heteroatoms. The van der Waals surface area contributed by atoms with Crippen molar-refractivity contribution >= 4 is 17.7 Å². The van der Waals surface area contributed by atoms with Crippen LogP contribution in [0.4, 0.5) is 0 Å². The number of carboxylic acid groups (broad SMARTS) is 1. The van der Waals surface area contributed by atoms with Crippen molar-refractivity contribution in [3.05, 3.63) is 6.33 Å². The molecule has 0 unspecified atom stereocenters. The summed E-state index contributed by atoms with van der Waals surface area (Å²) < 4.78 is 1.88. The first-order valence-electron chi connectivity index (χ1n) is 4.61. The molecule has 0 fully saturated rings. The number of aliphatic carboxylic acids is 1. The molecule has 1 N–H and O–H groups in total. The van der Waals surface area contributed by atoms with Gasteiger partial charge in [0.1, 0.15) is 6.33 Å². The molecule has 0 bridgehead atoms. The molecule has 1 heterocycles. The fourth-order valence-electron chi connectivity index (χ4n) is 1.10. The number of aromatic nitrogens is 3. The standard InChI is InChI=1S/C9H15N3O2S/c1-9(2,3)5-12-6-10-11-8(12)15-4-7(13)14/h6H,4-5H2,1-3H3,(H,13,14). The Hall–Kier alpha value is -1.04. The van der Waals surface area contributed by atoms with Gasteiger partial charge in [-0.15, -0.1) is 10.2 Å². The Balaban J connectivity index is 2.65. The van der Waals surface area contributed by atoms with E-state index in [0.29, 0.717) is 5.16 Å². The van der Waals surface area contributed by atoms with Crippen molar-refractivity contribution in [3.8, 4) is 0 Å². The van der Waals surface area contributed by atoms with Crippen LogP contribution in [0.1, 0.15) is 20.8 Å². The van der Waals surface area contributed by atoms with Crippen LogP contribution in [0.15, 0.2) is 11.5 Å². The van der Waals surface area contributed by atoms with Gasteiger partial charge in [0.15, 0.2) is 5.16 Å². The number of rotatable bonds is 4. The molecule has 0 radical (unpaired) electrons. The van der Waals surface area contributed by atoms with Crippen molar-refractivity contribution in [2.24, 2.45) is 5.41 Å². The number of nitrogens with zero attached hydrogens (tertiary/aromatic N) is 3. The lowest BCUT2D eigenvalue weighted by Gasteiger charge is -2.19. The van der Waals surface area contributed by atoms with Crippen LogP contribution in [-0.4, -0.2) is 31.6 Å². The molecule has 0 aliphatic rings. The third-order valence-corrected chi connectivity index (χ3v) is 2.52. The first-order valence-corrected chi connectivity index (χ1v) is 5.59. The highest BCUT2D eigenvalue weighted by Gasteiger charge is 2.15. The molecule has 0 spiro atoms. The molecule has 5 nitrogen and oxygen atoms in total. The molecular formula is C9H15N3O2S. The maximum Gasteiger partial charge on any atom is 0.313 e. The Bertz CT molecular complexity index is 343. The van der Waals surface area contributed by atoms with Gasteiger partial charge in [0, 0.05) is 6.54 Å². The Morgan fingerprint density at radius 3 is 2.80 bits per heavy atom. The van der Waals surface area contributed by atoms with E-state index in [4.69, 9.17) is 5.11 Å². The monoisotopic (exact) mass is 229 g/mol. The van der Waals surface area contributed by atoms with Crippen LogP contribution in [0.2, 0.25) is 0 Å². The third-order valence-electron chi connectivity index (χ3n) is 1.55. The van der Waals surface area contributed by atoms with Crippen LogP contribution < -0.4 is 0 Å². The van der Waals surface area contributed by atoms with Gasteiger partial charge in [-0.1, -0.05) is 32.5 Å². The minimum absolute atomic E-state index is 0.0167. The van der Waals surface area contributed by atoms with E-state index in [1.54, 1.807) is 6.33 Å². The number of hydrogen-bond donors (Lipinski definition) is 1. The van der Waals surface area contributed by atoms with E-state index in [2.05, 4.69) is 31.0 Å². The molecule has 1 aromatic heterocycles. The minimum atomic E-state index is -0.842. The van der Waals surface area contributed by atoms with Gasteiger partial charge in [0.25, 0.3) is 0 Å². The van der Waals surface area contributed by atoms with Crippen molar-refractivity contribution < 1.29 is 9.90 Å². The summed E-state index contributed by atoms with van der Waals surface area (Å²) in [6, 6.07) is 0. The topological polar surface area (TPSA) is 68.0 Å². The van der Waals surface area contributed by atoms with Crippen LogP contribution in [0, 0.1) is 5.41 Å². The molecule has 0 amide bonds. The second-order valence-electron chi connectivity index (χ2n) is 4.48. The maximum atomic E-state index is 10.4. The normalized spacial score (nSPS) is 11.7. The van der Waals surface area contributed by atoms with E-state index in [1.165, 1.54) is 11.8 Å². The summed E-state index contributed by atoms with van der Waals surface area (Å²) in [5, 5.41) is 16.9. The summed E-state index contributed by atoms with van der Waals surface area (Å²) >= 11 is 1.19. The molecule has 0 aliphatic carbocycles. The summed E-state index contributed by atoms with van der Waals surface area (Å²) in [7, 11) is 0. The van der Waals surface area contributed by atoms with Gasteiger partial charge in [-0.3, -0.25) is 4.79 Å². The molecule has 1 aromatic rings. The zero-order chi connectivity index (χ0) is 11.5. The lowest BCUT2D eigenvalue weighted by Crippen LogP contribution is -2.15. The fraction of sp³-hybridized carbons (Fsp3) is 0.667. The summed E-state index contributed by atoms with van der Waals surface area (Å²) in [5.41, 5.74) is 0.126. The Morgan fingerprint density at radius 2 is 2.27 bits per heavy atom. The second kappa shape index (κ2) is 4.65. The fourth-order valence-corrected chi connectivity index (χ4v) is 1.74. The van der Waals surface area contributed by atoms with Gasteiger partial charge >= 0.3 is 5.97 Å². The minimum Gasteiger partial charge on any atom is -0.481 e. The number of hydrogen-bond acceptors (Lipinski definition) is 4. The molecule has 0 saturated heterocycles. The SMILES string of the molecule is CC(C)(C)Cn1cnnc1SCC(=O)O. The smallest absolute Gasteiger partial charge is 0.313 e. The van der Waals surface area contributed by atoms with Gasteiger partial charge in [0.05, 0.1) is 5.75 Å². The van der Waals surface area contributed by atoms with E-state index in [9.17, 15) is 4.79 Å². The highest BCUT2D eigenvalue weighted by atomic mass is 32.2.